The molecular weight excluding hydrogens is 326 g/mol. The monoisotopic (exact) mass is 330 g/mol. The van der Waals surface area contributed by atoms with Crippen molar-refractivity contribution in [2.24, 2.45) is 0 Å². The van der Waals surface area contributed by atoms with Crippen molar-refractivity contribution in [1.82, 2.24) is 0 Å². The third-order valence-electron chi connectivity index (χ3n) is 0. The standard InChI is InChI=1S/CH2Br2.ClH.Sn.2H/c2-1-3;;;;/h1H2;1H;;;. The van der Waals surface area contributed by atoms with Crippen molar-refractivity contribution in [3.63, 3.8) is 0 Å². The normalized spacial score (nSPS) is 3.60. The first kappa shape index (κ1) is 15.7. The van der Waals surface area contributed by atoms with E-state index in [0.29, 0.717) is 0 Å². The average Bonchev–Trinajstić information content (AvgIpc) is 0.918. The van der Waals surface area contributed by atoms with Crippen LogP contribution in [0.5, 0.6) is 0 Å². The molecule has 0 unspecified atom stereocenters. The molecule has 0 aliphatic carbocycles. The molecule has 0 aromatic heterocycles. The summed E-state index contributed by atoms with van der Waals surface area (Å²) in [4.78, 5) is 0. The van der Waals surface area contributed by atoms with E-state index in [0.717, 1.165) is 4.24 Å². The molecule has 0 rings (SSSR count). The molecule has 0 aliphatic rings. The molecule has 0 aromatic rings. The average molecular weight is 331 g/mol. The van der Waals surface area contributed by atoms with Gasteiger partial charge in [0.05, 0.1) is 4.24 Å². The molecule has 5 heavy (non-hydrogen) atoms. The first-order valence-electron chi connectivity index (χ1n) is 0.535. The van der Waals surface area contributed by atoms with E-state index in [1.54, 1.807) is 0 Å². The maximum atomic E-state index is 3.06. The van der Waals surface area contributed by atoms with Crippen LogP contribution in [0.4, 0.5) is 0 Å². The Hall–Kier alpha value is 2.05. The van der Waals surface area contributed by atoms with Crippen molar-refractivity contribution < 1.29 is 0 Å². The van der Waals surface area contributed by atoms with Gasteiger partial charge < -0.3 is 0 Å². The third-order valence-corrected chi connectivity index (χ3v) is 0. The van der Waals surface area contributed by atoms with Crippen LogP contribution in [-0.2, 0) is 0 Å². The molecule has 0 atom stereocenters. The van der Waals surface area contributed by atoms with Crippen LogP contribution in [0.25, 0.3) is 0 Å². The van der Waals surface area contributed by atoms with Crippen LogP contribution in [0.15, 0.2) is 0 Å². The Kier molecular flexibility index (Phi) is 52.2. The second kappa shape index (κ2) is 16.6. The minimum absolute atomic E-state index is 0. The SMILES string of the molecule is BrCBr.Cl.[SnH2]. The van der Waals surface area contributed by atoms with Crippen LogP contribution < -0.4 is 0 Å². The zero-order valence-electron chi connectivity index (χ0n) is 2.58. The van der Waals surface area contributed by atoms with Gasteiger partial charge in [-0.05, 0) is 0 Å². The Morgan fingerprint density at radius 1 is 1.20 bits per heavy atom. The van der Waals surface area contributed by atoms with E-state index in [9.17, 15) is 0 Å². The van der Waals surface area contributed by atoms with Gasteiger partial charge in [-0.15, -0.1) is 12.4 Å². The number of hydrogen-bond donors (Lipinski definition) is 0. The zero-order valence-corrected chi connectivity index (χ0v) is 10.6. The summed E-state index contributed by atoms with van der Waals surface area (Å²) in [5.41, 5.74) is 0. The van der Waals surface area contributed by atoms with Gasteiger partial charge in [-0.3, -0.25) is 0 Å². The Morgan fingerprint density at radius 2 is 1.20 bits per heavy atom. The van der Waals surface area contributed by atoms with E-state index in [4.69, 9.17) is 0 Å². The van der Waals surface area contributed by atoms with Gasteiger partial charge in [-0.1, -0.05) is 31.9 Å². The van der Waals surface area contributed by atoms with Crippen LogP contribution in [-0.4, -0.2) is 28.1 Å². The van der Waals surface area contributed by atoms with Crippen LogP contribution in [0.3, 0.4) is 0 Å². The van der Waals surface area contributed by atoms with Crippen molar-refractivity contribution in [3.8, 4) is 0 Å². The van der Waals surface area contributed by atoms with E-state index in [2.05, 4.69) is 31.9 Å². The minimum atomic E-state index is 0. The summed E-state index contributed by atoms with van der Waals surface area (Å²) in [5, 5.41) is 0. The summed E-state index contributed by atoms with van der Waals surface area (Å²) in [5.74, 6) is 0. The first-order valence-corrected chi connectivity index (χ1v) is 2.78. The molecular formula is CH5Br2ClSn. The predicted molar refractivity (Wildman–Crippen MR) is 38.5 cm³/mol. The van der Waals surface area contributed by atoms with Crippen molar-refractivity contribution >= 4 is 68.2 Å². The van der Waals surface area contributed by atoms with Crippen LogP contribution in [0, 0.1) is 0 Å². The third kappa shape index (κ3) is 23.6. The summed E-state index contributed by atoms with van der Waals surface area (Å²) < 4.78 is 0.875. The Morgan fingerprint density at radius 3 is 1.20 bits per heavy atom. The number of halogens is 3. The molecule has 0 heterocycles. The molecule has 0 saturated carbocycles. The summed E-state index contributed by atoms with van der Waals surface area (Å²) in [6.07, 6.45) is 0. The van der Waals surface area contributed by atoms with Gasteiger partial charge >= 0.3 is 23.9 Å². The van der Waals surface area contributed by atoms with Crippen molar-refractivity contribution in [2.75, 3.05) is 4.24 Å². The van der Waals surface area contributed by atoms with Gasteiger partial charge in [0.25, 0.3) is 0 Å². The molecule has 0 fully saturated rings. The maximum absolute atomic E-state index is 3.06. The van der Waals surface area contributed by atoms with E-state index in [-0.39, 0.29) is 36.3 Å². The van der Waals surface area contributed by atoms with E-state index in [1.807, 2.05) is 0 Å². The second-order valence-electron chi connectivity index (χ2n) is 0.101. The Bertz CT molecular complexity index is 9.61. The van der Waals surface area contributed by atoms with Gasteiger partial charge in [0.1, 0.15) is 0 Å². The molecule has 0 amide bonds. The van der Waals surface area contributed by atoms with Crippen molar-refractivity contribution in [2.45, 2.75) is 0 Å². The van der Waals surface area contributed by atoms with E-state index in [1.165, 1.54) is 0 Å². The Labute approximate surface area is 71.7 Å². The van der Waals surface area contributed by atoms with Gasteiger partial charge in [-0.2, -0.15) is 0 Å². The van der Waals surface area contributed by atoms with Gasteiger partial charge in [0.15, 0.2) is 0 Å². The van der Waals surface area contributed by atoms with Crippen LogP contribution in [0.2, 0.25) is 0 Å². The topological polar surface area (TPSA) is 0 Å². The fourth-order valence-corrected chi connectivity index (χ4v) is 0. The molecule has 0 bridgehead atoms. The number of alkyl halides is 2. The molecule has 0 saturated heterocycles. The summed E-state index contributed by atoms with van der Waals surface area (Å²) in [7, 11) is 0. The summed E-state index contributed by atoms with van der Waals surface area (Å²) in [6.45, 7) is 0. The van der Waals surface area contributed by atoms with Crippen LogP contribution in [0.1, 0.15) is 0 Å². The molecule has 34 valence electrons. The fraction of sp³-hybridized carbons (Fsp3) is 1.00. The van der Waals surface area contributed by atoms with Crippen molar-refractivity contribution in [3.05, 3.63) is 0 Å². The quantitative estimate of drug-likeness (QED) is 0.463. The number of rotatable bonds is 0. The van der Waals surface area contributed by atoms with E-state index < -0.39 is 0 Å². The van der Waals surface area contributed by atoms with E-state index >= 15 is 0 Å². The van der Waals surface area contributed by atoms with Gasteiger partial charge in [0.2, 0.25) is 0 Å². The first-order chi connectivity index (χ1) is 1.41. The molecule has 4 heteroatoms. The molecule has 0 N–H and O–H groups in total. The van der Waals surface area contributed by atoms with Gasteiger partial charge in [-0.25, -0.2) is 0 Å². The molecule has 0 nitrogen and oxygen atoms in total. The van der Waals surface area contributed by atoms with Gasteiger partial charge in [0, 0.05) is 0 Å². The second-order valence-corrected chi connectivity index (χ2v) is 2.73. The zero-order chi connectivity index (χ0) is 2.71. The molecule has 0 aromatic carbocycles. The summed E-state index contributed by atoms with van der Waals surface area (Å²) >= 11 is 6.12. The Balaban J connectivity index is -0.0000000200. The molecule has 0 spiro atoms. The number of hydrogen-bond acceptors (Lipinski definition) is 0. The fourth-order valence-electron chi connectivity index (χ4n) is 0. The molecule has 2 radical (unpaired) electrons. The predicted octanol–water partition coefficient (Wildman–Crippen LogP) is 1.24. The summed E-state index contributed by atoms with van der Waals surface area (Å²) in [6, 6.07) is 0. The molecule has 0 aliphatic heterocycles. The van der Waals surface area contributed by atoms with Crippen LogP contribution >= 0.6 is 44.3 Å². The van der Waals surface area contributed by atoms with Crippen molar-refractivity contribution in [1.29, 1.82) is 0 Å².